The van der Waals surface area contributed by atoms with E-state index < -0.39 is 0 Å². The van der Waals surface area contributed by atoms with Crippen LogP contribution in [0.2, 0.25) is 0 Å². The zero-order valence-electron chi connectivity index (χ0n) is 15.4. The first-order valence-corrected chi connectivity index (χ1v) is 9.55. The van der Waals surface area contributed by atoms with Crippen molar-refractivity contribution in [3.05, 3.63) is 60.2 Å². The van der Waals surface area contributed by atoms with Crippen LogP contribution >= 0.6 is 0 Å². The maximum atomic E-state index is 5.91. The lowest BCUT2D eigenvalue weighted by atomic mass is 10.1. The van der Waals surface area contributed by atoms with Gasteiger partial charge in [-0.2, -0.15) is 0 Å². The average molecular weight is 363 g/mol. The fourth-order valence-electron chi connectivity index (χ4n) is 3.54. The number of nitrogens with zero attached hydrogens (tertiary/aromatic N) is 4. The van der Waals surface area contributed by atoms with Gasteiger partial charge in [-0.15, -0.1) is 0 Å². The number of ether oxygens (including phenoxy) is 1. The van der Waals surface area contributed by atoms with Crippen molar-refractivity contribution < 1.29 is 4.74 Å². The van der Waals surface area contributed by atoms with Crippen LogP contribution in [0.4, 0.5) is 5.82 Å². The Labute approximate surface area is 159 Å². The summed E-state index contributed by atoms with van der Waals surface area (Å²) < 4.78 is 5.91. The van der Waals surface area contributed by atoms with E-state index in [0.29, 0.717) is 19.5 Å². The Hall–Kier alpha value is -2.57. The highest BCUT2D eigenvalue weighted by molar-refractivity contribution is 5.89. The molecule has 4 rings (SSSR count). The van der Waals surface area contributed by atoms with Crippen molar-refractivity contribution in [2.24, 2.45) is 5.73 Å². The van der Waals surface area contributed by atoms with Gasteiger partial charge >= 0.3 is 0 Å². The van der Waals surface area contributed by atoms with Crippen LogP contribution in [0.3, 0.4) is 0 Å². The molecule has 6 nitrogen and oxygen atoms in total. The number of para-hydroxylation sites is 1. The second-order valence-electron chi connectivity index (χ2n) is 6.86. The molecule has 6 heteroatoms. The SMILES string of the molecule is NCCc1nc(N(Cc2ccccn2)CC2CCCO2)c2ccccc2n1. The van der Waals surface area contributed by atoms with E-state index in [1.165, 1.54) is 0 Å². The molecule has 2 aromatic heterocycles. The van der Waals surface area contributed by atoms with E-state index in [2.05, 4.69) is 20.9 Å². The van der Waals surface area contributed by atoms with E-state index in [1.807, 2.05) is 42.6 Å². The Morgan fingerprint density at radius 1 is 1.11 bits per heavy atom. The lowest BCUT2D eigenvalue weighted by Gasteiger charge is -2.27. The first-order valence-electron chi connectivity index (χ1n) is 9.55. The summed E-state index contributed by atoms with van der Waals surface area (Å²) >= 11 is 0. The van der Waals surface area contributed by atoms with Gasteiger partial charge in [0.1, 0.15) is 11.6 Å². The molecule has 1 atom stereocenters. The molecule has 3 heterocycles. The Bertz CT molecular complexity index is 880. The predicted octanol–water partition coefficient (Wildman–Crippen LogP) is 2.71. The van der Waals surface area contributed by atoms with E-state index in [9.17, 15) is 0 Å². The number of hydrogen-bond donors (Lipinski definition) is 1. The molecule has 2 N–H and O–H groups in total. The first kappa shape index (κ1) is 17.8. The average Bonchev–Trinajstić information content (AvgIpc) is 3.21. The molecule has 27 heavy (non-hydrogen) atoms. The van der Waals surface area contributed by atoms with Crippen molar-refractivity contribution in [3.63, 3.8) is 0 Å². The molecule has 0 radical (unpaired) electrons. The van der Waals surface area contributed by atoms with Gasteiger partial charge in [0.15, 0.2) is 0 Å². The lowest BCUT2D eigenvalue weighted by Crippen LogP contribution is -2.33. The monoisotopic (exact) mass is 363 g/mol. The number of fused-ring (bicyclic) bond motifs is 1. The van der Waals surface area contributed by atoms with Crippen molar-refractivity contribution in [1.82, 2.24) is 15.0 Å². The molecular formula is C21H25N5O. The molecule has 140 valence electrons. The molecule has 1 aliphatic rings. The van der Waals surface area contributed by atoms with Gasteiger partial charge in [-0.05, 0) is 43.7 Å². The Kier molecular flexibility index (Phi) is 5.55. The number of benzene rings is 1. The van der Waals surface area contributed by atoms with Crippen LogP contribution in [-0.4, -0.2) is 40.8 Å². The fraction of sp³-hybridized carbons (Fsp3) is 0.381. The largest absolute Gasteiger partial charge is 0.376 e. The van der Waals surface area contributed by atoms with Gasteiger partial charge in [0.05, 0.1) is 23.9 Å². The minimum absolute atomic E-state index is 0.223. The maximum absolute atomic E-state index is 5.91. The van der Waals surface area contributed by atoms with Gasteiger partial charge in [-0.1, -0.05) is 18.2 Å². The van der Waals surface area contributed by atoms with Crippen molar-refractivity contribution in [2.75, 3.05) is 24.6 Å². The third-order valence-electron chi connectivity index (χ3n) is 4.82. The Morgan fingerprint density at radius 2 is 2.00 bits per heavy atom. The summed E-state index contributed by atoms with van der Waals surface area (Å²) in [7, 11) is 0. The molecular weight excluding hydrogens is 338 g/mol. The van der Waals surface area contributed by atoms with Gasteiger partial charge in [-0.3, -0.25) is 4.98 Å². The van der Waals surface area contributed by atoms with Crippen LogP contribution in [0.25, 0.3) is 10.9 Å². The van der Waals surface area contributed by atoms with Crippen LogP contribution in [0.15, 0.2) is 48.7 Å². The third kappa shape index (κ3) is 4.23. The lowest BCUT2D eigenvalue weighted by molar-refractivity contribution is 0.115. The molecule has 1 fully saturated rings. The number of rotatable bonds is 7. The summed E-state index contributed by atoms with van der Waals surface area (Å²) in [5.41, 5.74) is 7.72. The minimum atomic E-state index is 0.223. The van der Waals surface area contributed by atoms with E-state index >= 15 is 0 Å². The van der Waals surface area contributed by atoms with Crippen molar-refractivity contribution in [2.45, 2.75) is 31.9 Å². The summed E-state index contributed by atoms with van der Waals surface area (Å²) in [6.45, 7) is 2.85. The summed E-state index contributed by atoms with van der Waals surface area (Å²) in [4.78, 5) is 16.4. The van der Waals surface area contributed by atoms with Crippen LogP contribution in [-0.2, 0) is 17.7 Å². The zero-order chi connectivity index (χ0) is 18.5. The van der Waals surface area contributed by atoms with E-state index in [-0.39, 0.29) is 6.10 Å². The normalized spacial score (nSPS) is 16.7. The number of nitrogens with two attached hydrogens (primary N) is 1. The van der Waals surface area contributed by atoms with Gasteiger partial charge in [0.2, 0.25) is 0 Å². The van der Waals surface area contributed by atoms with Crippen molar-refractivity contribution >= 4 is 16.7 Å². The molecule has 3 aromatic rings. The maximum Gasteiger partial charge on any atom is 0.140 e. The topological polar surface area (TPSA) is 77.2 Å². The minimum Gasteiger partial charge on any atom is -0.376 e. The summed E-state index contributed by atoms with van der Waals surface area (Å²) in [6, 6.07) is 14.2. The molecule has 1 saturated heterocycles. The van der Waals surface area contributed by atoms with E-state index in [4.69, 9.17) is 15.5 Å². The number of aromatic nitrogens is 3. The third-order valence-corrected chi connectivity index (χ3v) is 4.82. The number of anilines is 1. The highest BCUT2D eigenvalue weighted by atomic mass is 16.5. The molecule has 1 aliphatic heterocycles. The van der Waals surface area contributed by atoms with Gasteiger partial charge < -0.3 is 15.4 Å². The highest BCUT2D eigenvalue weighted by Gasteiger charge is 2.22. The van der Waals surface area contributed by atoms with Gasteiger partial charge in [0, 0.05) is 31.2 Å². The standard InChI is InChI=1S/C21H25N5O/c22-11-10-20-24-19-9-2-1-8-18(19)21(25-20)26(15-17-7-5-13-27-17)14-16-6-3-4-12-23-16/h1-4,6,8-9,12,17H,5,7,10-11,13-15,22H2. The van der Waals surface area contributed by atoms with Crippen LogP contribution in [0.5, 0.6) is 0 Å². The first-order chi connectivity index (χ1) is 13.3. The second-order valence-corrected chi connectivity index (χ2v) is 6.86. The molecule has 0 saturated carbocycles. The van der Waals surface area contributed by atoms with Gasteiger partial charge in [0.25, 0.3) is 0 Å². The molecule has 1 unspecified atom stereocenters. The smallest absolute Gasteiger partial charge is 0.140 e. The predicted molar refractivity (Wildman–Crippen MR) is 107 cm³/mol. The molecule has 1 aromatic carbocycles. The number of hydrogen-bond acceptors (Lipinski definition) is 6. The molecule has 0 aliphatic carbocycles. The van der Waals surface area contributed by atoms with E-state index in [1.54, 1.807) is 0 Å². The van der Waals surface area contributed by atoms with Crippen molar-refractivity contribution in [1.29, 1.82) is 0 Å². The molecule has 0 spiro atoms. The quantitative estimate of drug-likeness (QED) is 0.695. The second kappa shape index (κ2) is 8.41. The fourth-order valence-corrected chi connectivity index (χ4v) is 3.54. The zero-order valence-corrected chi connectivity index (χ0v) is 15.4. The van der Waals surface area contributed by atoms with Gasteiger partial charge in [-0.25, -0.2) is 9.97 Å². The summed E-state index contributed by atoms with van der Waals surface area (Å²) in [5, 5.41) is 1.05. The van der Waals surface area contributed by atoms with Crippen LogP contribution in [0.1, 0.15) is 24.4 Å². The Balaban J connectivity index is 1.75. The summed E-state index contributed by atoms with van der Waals surface area (Å²) in [5.74, 6) is 1.72. The number of pyridine rings is 1. The van der Waals surface area contributed by atoms with Crippen molar-refractivity contribution in [3.8, 4) is 0 Å². The van der Waals surface area contributed by atoms with Crippen LogP contribution in [0, 0.1) is 0 Å². The molecule has 0 amide bonds. The Morgan fingerprint density at radius 3 is 2.78 bits per heavy atom. The van der Waals surface area contributed by atoms with E-state index in [0.717, 1.165) is 54.2 Å². The highest BCUT2D eigenvalue weighted by Crippen LogP contribution is 2.27. The summed E-state index contributed by atoms with van der Waals surface area (Å²) in [6.07, 6.45) is 4.91. The van der Waals surface area contributed by atoms with Crippen LogP contribution < -0.4 is 10.6 Å². The molecule has 0 bridgehead atoms.